The average Bonchev–Trinajstić information content (AvgIpc) is 2.58. The highest BCUT2D eigenvalue weighted by Gasteiger charge is 2.21. The Hall–Kier alpha value is -2.60. The van der Waals surface area contributed by atoms with Crippen LogP contribution in [-0.4, -0.2) is 25.1 Å². The number of nitrogens with one attached hydrogen (secondary N) is 1. The number of benzene rings is 2. The molecule has 0 saturated heterocycles. The first kappa shape index (κ1) is 18.7. The van der Waals surface area contributed by atoms with E-state index in [4.69, 9.17) is 21.1 Å². The van der Waals surface area contributed by atoms with E-state index < -0.39 is 23.8 Å². The van der Waals surface area contributed by atoms with Crippen LogP contribution in [0.25, 0.3) is 0 Å². The van der Waals surface area contributed by atoms with E-state index in [-0.39, 0.29) is 10.6 Å². The van der Waals surface area contributed by atoms with Gasteiger partial charge in [0, 0.05) is 5.69 Å². The molecule has 132 valence electrons. The molecule has 2 rings (SSSR count). The number of anilines is 1. The Bertz CT molecular complexity index is 810. The van der Waals surface area contributed by atoms with Crippen molar-refractivity contribution in [3.63, 3.8) is 0 Å². The van der Waals surface area contributed by atoms with Crippen molar-refractivity contribution < 1.29 is 23.5 Å². The van der Waals surface area contributed by atoms with E-state index in [9.17, 15) is 14.0 Å². The summed E-state index contributed by atoms with van der Waals surface area (Å²) in [6.45, 7) is 3.26. The summed E-state index contributed by atoms with van der Waals surface area (Å²) in [5, 5.41) is 2.39. The molecule has 2 aromatic carbocycles. The number of esters is 1. The first-order valence-corrected chi connectivity index (χ1v) is 7.81. The molecule has 1 amide bonds. The number of carbonyl (C=O) groups excluding carboxylic acids is 2. The van der Waals surface area contributed by atoms with Crippen LogP contribution in [0, 0.1) is 12.7 Å². The minimum absolute atomic E-state index is 0.119. The second-order valence-corrected chi connectivity index (χ2v) is 5.78. The highest BCUT2D eigenvalue weighted by molar-refractivity contribution is 6.31. The number of aryl methyl sites for hydroxylation is 1. The number of hydrogen-bond acceptors (Lipinski definition) is 4. The smallest absolute Gasteiger partial charge is 0.342 e. The summed E-state index contributed by atoms with van der Waals surface area (Å²) in [6, 6.07) is 8.82. The van der Waals surface area contributed by atoms with Crippen molar-refractivity contribution in [3.05, 3.63) is 58.4 Å². The number of hydrogen-bond donors (Lipinski definition) is 1. The Morgan fingerprint density at radius 2 is 1.92 bits per heavy atom. The van der Waals surface area contributed by atoms with Gasteiger partial charge in [-0.25, -0.2) is 9.18 Å². The van der Waals surface area contributed by atoms with Crippen LogP contribution in [0.3, 0.4) is 0 Å². The summed E-state index contributed by atoms with van der Waals surface area (Å²) in [4.78, 5) is 24.4. The first-order chi connectivity index (χ1) is 11.8. The lowest BCUT2D eigenvalue weighted by atomic mass is 10.1. The molecule has 0 aromatic heterocycles. The quantitative estimate of drug-likeness (QED) is 0.814. The SMILES string of the molecule is COc1ccc(C)cc1C(=O)O[C@H](C)C(=O)Nc1ccc(F)c(Cl)c1. The molecule has 0 aliphatic carbocycles. The number of methoxy groups -OCH3 is 1. The summed E-state index contributed by atoms with van der Waals surface area (Å²) in [7, 11) is 1.44. The zero-order chi connectivity index (χ0) is 18.6. The molecule has 0 bridgehead atoms. The van der Waals surface area contributed by atoms with Gasteiger partial charge in [0.15, 0.2) is 6.10 Å². The summed E-state index contributed by atoms with van der Waals surface area (Å²) >= 11 is 5.66. The maximum atomic E-state index is 13.1. The van der Waals surface area contributed by atoms with Crippen molar-refractivity contribution in [2.45, 2.75) is 20.0 Å². The van der Waals surface area contributed by atoms with Gasteiger partial charge in [0.2, 0.25) is 0 Å². The summed E-state index contributed by atoms with van der Waals surface area (Å²) in [5.74, 6) is -1.48. The van der Waals surface area contributed by atoms with E-state index in [1.807, 2.05) is 6.92 Å². The van der Waals surface area contributed by atoms with Crippen LogP contribution < -0.4 is 10.1 Å². The highest BCUT2D eigenvalue weighted by atomic mass is 35.5. The maximum absolute atomic E-state index is 13.1. The van der Waals surface area contributed by atoms with Crippen LogP contribution in [0.5, 0.6) is 5.75 Å². The Balaban J connectivity index is 2.06. The van der Waals surface area contributed by atoms with Gasteiger partial charge in [0.25, 0.3) is 5.91 Å². The molecule has 0 unspecified atom stereocenters. The van der Waals surface area contributed by atoms with E-state index in [0.29, 0.717) is 11.4 Å². The molecule has 5 nitrogen and oxygen atoms in total. The van der Waals surface area contributed by atoms with Crippen molar-refractivity contribution in [1.82, 2.24) is 0 Å². The fourth-order valence-corrected chi connectivity index (χ4v) is 2.26. The molecule has 0 saturated carbocycles. The number of rotatable bonds is 5. The van der Waals surface area contributed by atoms with Crippen molar-refractivity contribution in [1.29, 1.82) is 0 Å². The zero-order valence-electron chi connectivity index (χ0n) is 13.9. The van der Waals surface area contributed by atoms with Crippen LogP contribution in [0.15, 0.2) is 36.4 Å². The molecular formula is C18H17ClFNO4. The molecular weight excluding hydrogens is 349 g/mol. The molecule has 1 atom stereocenters. The normalized spacial score (nSPS) is 11.6. The molecule has 0 radical (unpaired) electrons. The standard InChI is InChI=1S/C18H17ClFNO4/c1-10-4-7-16(24-3)13(8-10)18(23)25-11(2)17(22)21-12-5-6-15(20)14(19)9-12/h4-9,11H,1-3H3,(H,21,22)/t11-/m1/s1. The van der Waals surface area contributed by atoms with Crippen LogP contribution >= 0.6 is 11.6 Å². The van der Waals surface area contributed by atoms with Crippen LogP contribution in [0.2, 0.25) is 5.02 Å². The number of ether oxygens (including phenoxy) is 2. The third-order valence-electron chi connectivity index (χ3n) is 3.42. The van der Waals surface area contributed by atoms with Crippen LogP contribution in [-0.2, 0) is 9.53 Å². The molecule has 25 heavy (non-hydrogen) atoms. The van der Waals surface area contributed by atoms with E-state index >= 15 is 0 Å². The lowest BCUT2D eigenvalue weighted by molar-refractivity contribution is -0.123. The Morgan fingerprint density at radius 1 is 1.20 bits per heavy atom. The predicted molar refractivity (Wildman–Crippen MR) is 92.6 cm³/mol. The molecule has 0 spiro atoms. The van der Waals surface area contributed by atoms with Gasteiger partial charge in [-0.3, -0.25) is 4.79 Å². The second kappa shape index (κ2) is 7.98. The van der Waals surface area contributed by atoms with Gasteiger partial charge in [-0.1, -0.05) is 23.2 Å². The zero-order valence-corrected chi connectivity index (χ0v) is 14.7. The minimum Gasteiger partial charge on any atom is -0.496 e. The van der Waals surface area contributed by atoms with E-state index in [0.717, 1.165) is 11.6 Å². The van der Waals surface area contributed by atoms with Crippen molar-refractivity contribution in [2.24, 2.45) is 0 Å². The third-order valence-corrected chi connectivity index (χ3v) is 3.70. The highest BCUT2D eigenvalue weighted by Crippen LogP contribution is 2.22. The summed E-state index contributed by atoms with van der Waals surface area (Å²) in [5.41, 5.74) is 1.38. The van der Waals surface area contributed by atoms with Gasteiger partial charge in [-0.2, -0.15) is 0 Å². The van der Waals surface area contributed by atoms with Gasteiger partial charge in [-0.15, -0.1) is 0 Å². The second-order valence-electron chi connectivity index (χ2n) is 5.37. The Kier molecular flexibility index (Phi) is 5.98. The monoisotopic (exact) mass is 365 g/mol. The molecule has 0 aliphatic heterocycles. The van der Waals surface area contributed by atoms with Gasteiger partial charge < -0.3 is 14.8 Å². The van der Waals surface area contributed by atoms with Crippen molar-refractivity contribution in [2.75, 3.05) is 12.4 Å². The molecule has 7 heteroatoms. The number of amides is 1. The predicted octanol–water partition coefficient (Wildman–Crippen LogP) is 3.98. The lowest BCUT2D eigenvalue weighted by Crippen LogP contribution is -2.30. The van der Waals surface area contributed by atoms with Crippen LogP contribution in [0.4, 0.5) is 10.1 Å². The molecule has 2 aromatic rings. The molecule has 0 heterocycles. The van der Waals surface area contributed by atoms with Gasteiger partial charge in [0.05, 0.1) is 12.1 Å². The first-order valence-electron chi connectivity index (χ1n) is 7.43. The topological polar surface area (TPSA) is 64.6 Å². The van der Waals surface area contributed by atoms with Crippen molar-refractivity contribution >= 4 is 29.2 Å². The molecule has 0 fully saturated rings. The van der Waals surface area contributed by atoms with Gasteiger partial charge in [0.1, 0.15) is 17.1 Å². The van der Waals surface area contributed by atoms with E-state index in [1.54, 1.807) is 18.2 Å². The lowest BCUT2D eigenvalue weighted by Gasteiger charge is -2.15. The molecule has 0 aliphatic rings. The Morgan fingerprint density at radius 3 is 2.56 bits per heavy atom. The number of carbonyl (C=O) groups is 2. The fourth-order valence-electron chi connectivity index (χ4n) is 2.08. The van der Waals surface area contributed by atoms with Gasteiger partial charge >= 0.3 is 5.97 Å². The van der Waals surface area contributed by atoms with Crippen LogP contribution in [0.1, 0.15) is 22.8 Å². The number of halogens is 2. The average molecular weight is 366 g/mol. The van der Waals surface area contributed by atoms with Crippen molar-refractivity contribution in [3.8, 4) is 5.75 Å². The summed E-state index contributed by atoms with van der Waals surface area (Å²) in [6.07, 6.45) is -1.07. The van der Waals surface area contributed by atoms with E-state index in [1.165, 1.54) is 26.2 Å². The maximum Gasteiger partial charge on any atom is 0.342 e. The fraction of sp³-hybridized carbons (Fsp3) is 0.222. The molecule has 1 N–H and O–H groups in total. The summed E-state index contributed by atoms with van der Waals surface area (Å²) < 4.78 is 23.4. The largest absolute Gasteiger partial charge is 0.496 e. The van der Waals surface area contributed by atoms with E-state index in [2.05, 4.69) is 5.32 Å². The third kappa shape index (κ3) is 4.70. The van der Waals surface area contributed by atoms with Gasteiger partial charge in [-0.05, 0) is 44.2 Å². The Labute approximate surface area is 149 Å². The minimum atomic E-state index is -1.07.